The Kier molecular flexibility index (Phi) is 5.70. The molecular weight excluding hydrogens is 376 g/mol. The van der Waals surface area contributed by atoms with Crippen molar-refractivity contribution in [3.8, 4) is 0 Å². The Morgan fingerprint density at radius 2 is 1.58 bits per heavy atom. The largest absolute Gasteiger partial charge is 0.465 e. The van der Waals surface area contributed by atoms with Crippen LogP contribution in [0.2, 0.25) is 0 Å². The summed E-state index contributed by atoms with van der Waals surface area (Å²) in [5, 5.41) is 4.95. The van der Waals surface area contributed by atoms with Gasteiger partial charge in [-0.25, -0.2) is 4.79 Å². The van der Waals surface area contributed by atoms with E-state index < -0.39 is 17.8 Å². The maximum Gasteiger partial charge on any atom is 0.339 e. The highest BCUT2D eigenvalue weighted by Gasteiger charge is 2.18. The Bertz CT molecular complexity index is 805. The van der Waals surface area contributed by atoms with E-state index in [1.807, 2.05) is 13.0 Å². The smallest absolute Gasteiger partial charge is 0.339 e. The van der Waals surface area contributed by atoms with Crippen LogP contribution in [0, 0.1) is 6.92 Å². The lowest BCUT2D eigenvalue weighted by Crippen LogP contribution is -2.30. The molecule has 2 aromatic rings. The Hall–Kier alpha value is -2.67. The molecule has 2 rings (SSSR count). The molecule has 2 N–H and O–H groups in total. The van der Waals surface area contributed by atoms with Crippen molar-refractivity contribution < 1.29 is 19.1 Å². The summed E-state index contributed by atoms with van der Waals surface area (Å²) in [5.74, 6) is -2.32. The Morgan fingerprint density at radius 3 is 2.21 bits per heavy atom. The predicted molar refractivity (Wildman–Crippen MR) is 93.9 cm³/mol. The molecule has 0 bridgehead atoms. The fourth-order valence-electron chi connectivity index (χ4n) is 2.01. The van der Waals surface area contributed by atoms with Crippen LogP contribution in [-0.4, -0.2) is 24.9 Å². The normalized spacial score (nSPS) is 9.96. The van der Waals surface area contributed by atoms with Crippen LogP contribution in [0.4, 0.5) is 11.4 Å². The molecule has 0 aliphatic rings. The second-order valence-electron chi connectivity index (χ2n) is 4.90. The number of ether oxygens (including phenoxy) is 1. The minimum Gasteiger partial charge on any atom is -0.465 e. The highest BCUT2D eigenvalue weighted by Crippen LogP contribution is 2.20. The molecule has 124 valence electrons. The molecular formula is C17H15BrN2O4. The number of carbonyl (C=O) groups is 3. The zero-order valence-corrected chi connectivity index (χ0v) is 14.6. The number of esters is 1. The van der Waals surface area contributed by atoms with Gasteiger partial charge < -0.3 is 15.4 Å². The summed E-state index contributed by atoms with van der Waals surface area (Å²) in [6.45, 7) is 1.81. The van der Waals surface area contributed by atoms with Crippen molar-refractivity contribution >= 4 is 45.1 Å². The van der Waals surface area contributed by atoms with E-state index in [4.69, 9.17) is 0 Å². The molecule has 0 fully saturated rings. The molecule has 0 aliphatic heterocycles. The summed E-state index contributed by atoms with van der Waals surface area (Å²) in [5.41, 5.74) is 1.71. The van der Waals surface area contributed by atoms with Gasteiger partial charge in [-0.05, 0) is 42.8 Å². The summed E-state index contributed by atoms with van der Waals surface area (Å²) >= 11 is 3.33. The number of hydrogen-bond acceptors (Lipinski definition) is 4. The van der Waals surface area contributed by atoms with Crippen LogP contribution < -0.4 is 10.6 Å². The van der Waals surface area contributed by atoms with Crippen molar-refractivity contribution in [3.63, 3.8) is 0 Å². The van der Waals surface area contributed by atoms with Gasteiger partial charge in [0.15, 0.2) is 0 Å². The standard InChI is InChI=1S/C17H15BrN2O4/c1-10-9-11(18)7-8-13(10)19-15(21)16(22)20-14-6-4-3-5-12(14)17(23)24-2/h3-9H,1-2H3,(H,19,21)(H,20,22). The Balaban J connectivity index is 2.12. The van der Waals surface area contributed by atoms with E-state index in [2.05, 4.69) is 31.3 Å². The van der Waals surface area contributed by atoms with Crippen LogP contribution in [0.1, 0.15) is 15.9 Å². The van der Waals surface area contributed by atoms with Gasteiger partial charge in [0.05, 0.1) is 18.4 Å². The zero-order valence-electron chi connectivity index (χ0n) is 13.1. The molecule has 0 unspecified atom stereocenters. The number of carbonyl (C=O) groups excluding carboxylic acids is 3. The lowest BCUT2D eigenvalue weighted by molar-refractivity contribution is -0.133. The van der Waals surface area contributed by atoms with Crippen molar-refractivity contribution in [2.75, 3.05) is 17.7 Å². The summed E-state index contributed by atoms with van der Waals surface area (Å²) < 4.78 is 5.52. The van der Waals surface area contributed by atoms with E-state index in [1.54, 1.807) is 24.3 Å². The quantitative estimate of drug-likeness (QED) is 0.622. The fraction of sp³-hybridized carbons (Fsp3) is 0.118. The third-order valence-electron chi connectivity index (χ3n) is 3.22. The van der Waals surface area contributed by atoms with Gasteiger partial charge in [-0.15, -0.1) is 0 Å². The molecule has 2 amide bonds. The minimum atomic E-state index is -0.881. The summed E-state index contributed by atoms with van der Waals surface area (Å²) in [6.07, 6.45) is 0. The van der Waals surface area contributed by atoms with Gasteiger partial charge in [-0.2, -0.15) is 0 Å². The lowest BCUT2D eigenvalue weighted by Gasteiger charge is -2.11. The molecule has 0 radical (unpaired) electrons. The number of anilines is 2. The number of hydrogen-bond donors (Lipinski definition) is 2. The van der Waals surface area contributed by atoms with E-state index in [9.17, 15) is 14.4 Å². The number of rotatable bonds is 3. The molecule has 0 spiro atoms. The maximum absolute atomic E-state index is 12.1. The van der Waals surface area contributed by atoms with E-state index in [-0.39, 0.29) is 11.3 Å². The average Bonchev–Trinajstić information content (AvgIpc) is 2.57. The second kappa shape index (κ2) is 7.74. The van der Waals surface area contributed by atoms with Crippen LogP contribution in [0.5, 0.6) is 0 Å². The molecule has 0 aliphatic carbocycles. The maximum atomic E-state index is 12.1. The molecule has 0 aromatic heterocycles. The van der Waals surface area contributed by atoms with Crippen molar-refractivity contribution in [1.82, 2.24) is 0 Å². The minimum absolute atomic E-state index is 0.168. The summed E-state index contributed by atoms with van der Waals surface area (Å²) in [6, 6.07) is 11.5. The van der Waals surface area contributed by atoms with E-state index in [0.717, 1.165) is 10.0 Å². The third-order valence-corrected chi connectivity index (χ3v) is 3.72. The van der Waals surface area contributed by atoms with Crippen molar-refractivity contribution in [1.29, 1.82) is 0 Å². The van der Waals surface area contributed by atoms with E-state index in [1.165, 1.54) is 19.2 Å². The highest BCUT2D eigenvalue weighted by molar-refractivity contribution is 9.10. The predicted octanol–water partition coefficient (Wildman–Crippen LogP) is 3.12. The van der Waals surface area contributed by atoms with Crippen molar-refractivity contribution in [2.24, 2.45) is 0 Å². The van der Waals surface area contributed by atoms with Crippen LogP contribution in [0.15, 0.2) is 46.9 Å². The van der Waals surface area contributed by atoms with Crippen LogP contribution in [0.25, 0.3) is 0 Å². The van der Waals surface area contributed by atoms with Gasteiger partial charge in [0.1, 0.15) is 0 Å². The molecule has 0 saturated heterocycles. The van der Waals surface area contributed by atoms with Gasteiger partial charge in [-0.3, -0.25) is 9.59 Å². The number of aryl methyl sites for hydroxylation is 1. The number of para-hydroxylation sites is 1. The topological polar surface area (TPSA) is 84.5 Å². The summed E-state index contributed by atoms with van der Waals surface area (Å²) in [4.78, 5) is 35.8. The number of benzene rings is 2. The first-order valence-electron chi connectivity index (χ1n) is 6.98. The summed E-state index contributed by atoms with van der Waals surface area (Å²) in [7, 11) is 1.24. The van der Waals surface area contributed by atoms with E-state index >= 15 is 0 Å². The number of methoxy groups -OCH3 is 1. The SMILES string of the molecule is COC(=O)c1ccccc1NC(=O)C(=O)Nc1ccc(Br)cc1C. The van der Waals surface area contributed by atoms with Crippen molar-refractivity contribution in [2.45, 2.75) is 6.92 Å². The molecule has 0 heterocycles. The highest BCUT2D eigenvalue weighted by atomic mass is 79.9. The Labute approximate surface area is 147 Å². The van der Waals surface area contributed by atoms with Crippen LogP contribution in [0.3, 0.4) is 0 Å². The first-order valence-corrected chi connectivity index (χ1v) is 7.77. The van der Waals surface area contributed by atoms with Gasteiger partial charge >= 0.3 is 17.8 Å². The second-order valence-corrected chi connectivity index (χ2v) is 5.82. The zero-order chi connectivity index (χ0) is 17.7. The average molecular weight is 391 g/mol. The fourth-order valence-corrected chi connectivity index (χ4v) is 2.48. The lowest BCUT2D eigenvalue weighted by atomic mass is 10.1. The van der Waals surface area contributed by atoms with Crippen molar-refractivity contribution in [3.05, 3.63) is 58.1 Å². The number of halogens is 1. The molecule has 7 heteroatoms. The Morgan fingerprint density at radius 1 is 0.958 bits per heavy atom. The van der Waals surface area contributed by atoms with Gasteiger partial charge in [0.25, 0.3) is 0 Å². The van der Waals surface area contributed by atoms with Gasteiger partial charge in [0.2, 0.25) is 0 Å². The van der Waals surface area contributed by atoms with Crippen LogP contribution in [-0.2, 0) is 14.3 Å². The molecule has 24 heavy (non-hydrogen) atoms. The molecule has 6 nitrogen and oxygen atoms in total. The monoisotopic (exact) mass is 390 g/mol. The van der Waals surface area contributed by atoms with E-state index in [0.29, 0.717) is 5.69 Å². The molecule has 0 saturated carbocycles. The first kappa shape index (κ1) is 17.7. The first-order chi connectivity index (χ1) is 11.4. The van der Waals surface area contributed by atoms with Crippen LogP contribution >= 0.6 is 15.9 Å². The number of amides is 2. The van der Waals surface area contributed by atoms with Gasteiger partial charge in [-0.1, -0.05) is 28.1 Å². The molecule has 0 atom stereocenters. The molecule has 2 aromatic carbocycles. The van der Waals surface area contributed by atoms with Gasteiger partial charge in [0, 0.05) is 10.2 Å². The number of nitrogens with one attached hydrogen (secondary N) is 2. The third kappa shape index (κ3) is 4.20.